The first-order valence-corrected chi connectivity index (χ1v) is 8.24. The lowest BCUT2D eigenvalue weighted by Crippen LogP contribution is -2.30. The van der Waals surface area contributed by atoms with E-state index < -0.39 is 0 Å². The molecule has 122 valence electrons. The van der Waals surface area contributed by atoms with E-state index in [1.54, 1.807) is 0 Å². The van der Waals surface area contributed by atoms with Gasteiger partial charge in [-0.05, 0) is 17.9 Å². The van der Waals surface area contributed by atoms with Gasteiger partial charge >= 0.3 is 0 Å². The molecule has 0 radical (unpaired) electrons. The summed E-state index contributed by atoms with van der Waals surface area (Å²) in [5.74, 6) is 1.11. The summed E-state index contributed by atoms with van der Waals surface area (Å²) in [6.07, 6.45) is 1.44. The number of nitrogens with zero attached hydrogens (tertiary/aromatic N) is 2. The quantitative estimate of drug-likeness (QED) is 0.892. The molecule has 3 rings (SSSR count). The number of amides is 1. The minimum atomic E-state index is 0.0426. The second kappa shape index (κ2) is 6.96. The van der Waals surface area contributed by atoms with Crippen LogP contribution in [0.5, 0.6) is 0 Å². The fraction of sp³-hybridized carbons (Fsp3) is 0.444. The fourth-order valence-corrected chi connectivity index (χ4v) is 3.01. The summed E-state index contributed by atoms with van der Waals surface area (Å²) in [7, 11) is 0. The highest BCUT2D eigenvalue weighted by molar-refractivity contribution is 5.90. The molecular weight excluding hydrogens is 288 g/mol. The van der Waals surface area contributed by atoms with E-state index in [1.165, 1.54) is 5.56 Å². The number of fused-ring (bicyclic) bond motifs is 1. The third-order valence-electron chi connectivity index (χ3n) is 4.11. The smallest absolute Gasteiger partial charge is 0.225 e. The Bertz CT molecular complexity index is 663. The summed E-state index contributed by atoms with van der Waals surface area (Å²) in [5, 5.41) is 10.3. The Morgan fingerprint density at radius 1 is 1.35 bits per heavy atom. The Morgan fingerprint density at radius 3 is 2.87 bits per heavy atom. The van der Waals surface area contributed by atoms with Crippen molar-refractivity contribution in [3.8, 4) is 0 Å². The summed E-state index contributed by atoms with van der Waals surface area (Å²) in [6.45, 7) is 6.85. The Kier molecular flexibility index (Phi) is 4.76. The third kappa shape index (κ3) is 3.99. The zero-order chi connectivity index (χ0) is 16.2. The van der Waals surface area contributed by atoms with Crippen LogP contribution in [0.3, 0.4) is 0 Å². The van der Waals surface area contributed by atoms with Crippen molar-refractivity contribution in [3.63, 3.8) is 0 Å². The summed E-state index contributed by atoms with van der Waals surface area (Å²) in [6, 6.07) is 10.5. The van der Waals surface area contributed by atoms with Crippen LogP contribution in [-0.2, 0) is 24.3 Å². The van der Waals surface area contributed by atoms with Crippen LogP contribution in [0.15, 0.2) is 30.3 Å². The third-order valence-corrected chi connectivity index (χ3v) is 4.11. The molecule has 1 aliphatic rings. The van der Waals surface area contributed by atoms with Gasteiger partial charge in [-0.1, -0.05) is 44.2 Å². The molecular formula is C18H24N4O. The molecule has 5 heteroatoms. The highest BCUT2D eigenvalue weighted by atomic mass is 16.1. The van der Waals surface area contributed by atoms with Gasteiger partial charge in [-0.2, -0.15) is 5.10 Å². The van der Waals surface area contributed by atoms with Crippen LogP contribution in [0.2, 0.25) is 0 Å². The van der Waals surface area contributed by atoms with Gasteiger partial charge in [-0.15, -0.1) is 0 Å². The summed E-state index contributed by atoms with van der Waals surface area (Å²) < 4.78 is 0. The number of aromatic amines is 1. The summed E-state index contributed by atoms with van der Waals surface area (Å²) >= 11 is 0. The second-order valence-corrected chi connectivity index (χ2v) is 6.62. The minimum Gasteiger partial charge on any atom is -0.309 e. The zero-order valence-electron chi connectivity index (χ0n) is 13.8. The van der Waals surface area contributed by atoms with E-state index in [0.29, 0.717) is 18.2 Å². The molecule has 5 nitrogen and oxygen atoms in total. The first kappa shape index (κ1) is 15.7. The number of benzene rings is 1. The molecule has 0 aliphatic carbocycles. The topological polar surface area (TPSA) is 61.0 Å². The monoisotopic (exact) mass is 312 g/mol. The van der Waals surface area contributed by atoms with Crippen molar-refractivity contribution in [2.45, 2.75) is 39.8 Å². The first-order chi connectivity index (χ1) is 11.1. The van der Waals surface area contributed by atoms with E-state index in [0.717, 1.165) is 37.3 Å². The standard InChI is InChI=1S/C18H24N4O/c1-13(2)10-17(23)19-18-15-8-9-22(12-16(15)20-21-18)11-14-6-4-3-5-7-14/h3-7,13H,8-12H2,1-2H3,(H2,19,20,21,23). The lowest BCUT2D eigenvalue weighted by molar-refractivity contribution is -0.116. The van der Waals surface area contributed by atoms with E-state index in [-0.39, 0.29) is 5.91 Å². The van der Waals surface area contributed by atoms with Gasteiger partial charge in [0.25, 0.3) is 0 Å². The maximum atomic E-state index is 11.9. The molecule has 0 saturated heterocycles. The molecule has 2 N–H and O–H groups in total. The van der Waals surface area contributed by atoms with Crippen LogP contribution in [0.25, 0.3) is 0 Å². The lowest BCUT2D eigenvalue weighted by atomic mass is 10.1. The molecule has 1 amide bonds. The molecule has 1 aromatic carbocycles. The highest BCUT2D eigenvalue weighted by Crippen LogP contribution is 2.25. The van der Waals surface area contributed by atoms with Crippen LogP contribution in [0.4, 0.5) is 5.82 Å². The molecule has 0 atom stereocenters. The number of rotatable bonds is 5. The van der Waals surface area contributed by atoms with Crippen molar-refractivity contribution in [2.75, 3.05) is 11.9 Å². The minimum absolute atomic E-state index is 0.0426. The van der Waals surface area contributed by atoms with E-state index in [9.17, 15) is 4.79 Å². The predicted molar refractivity (Wildman–Crippen MR) is 90.9 cm³/mol. The summed E-state index contributed by atoms with van der Waals surface area (Å²) in [4.78, 5) is 14.3. The van der Waals surface area contributed by atoms with Crippen molar-refractivity contribution < 1.29 is 4.79 Å². The Hall–Kier alpha value is -2.14. The second-order valence-electron chi connectivity index (χ2n) is 6.62. The van der Waals surface area contributed by atoms with Crippen LogP contribution in [0, 0.1) is 5.92 Å². The molecule has 2 aromatic rings. The number of H-pyrrole nitrogens is 1. The number of nitrogens with one attached hydrogen (secondary N) is 2. The van der Waals surface area contributed by atoms with Crippen molar-refractivity contribution in [2.24, 2.45) is 5.92 Å². The van der Waals surface area contributed by atoms with Gasteiger partial charge < -0.3 is 5.32 Å². The lowest BCUT2D eigenvalue weighted by Gasteiger charge is -2.26. The van der Waals surface area contributed by atoms with Gasteiger partial charge in [-0.25, -0.2) is 0 Å². The van der Waals surface area contributed by atoms with E-state index in [2.05, 4.69) is 44.7 Å². The average molecular weight is 312 g/mol. The molecule has 0 unspecified atom stereocenters. The largest absolute Gasteiger partial charge is 0.309 e. The van der Waals surface area contributed by atoms with Crippen molar-refractivity contribution in [1.82, 2.24) is 15.1 Å². The van der Waals surface area contributed by atoms with Crippen LogP contribution < -0.4 is 5.32 Å². The normalized spacial score (nSPS) is 14.7. The van der Waals surface area contributed by atoms with Crippen molar-refractivity contribution in [3.05, 3.63) is 47.2 Å². The molecule has 0 spiro atoms. The molecule has 1 aliphatic heterocycles. The number of carbonyl (C=O) groups is 1. The van der Waals surface area contributed by atoms with Crippen LogP contribution in [0.1, 0.15) is 37.1 Å². The molecule has 2 heterocycles. The molecule has 0 fully saturated rings. The Morgan fingerprint density at radius 2 is 2.13 bits per heavy atom. The fourth-order valence-electron chi connectivity index (χ4n) is 3.01. The molecule has 0 bridgehead atoms. The average Bonchev–Trinajstić information content (AvgIpc) is 2.90. The van der Waals surface area contributed by atoms with Gasteiger partial charge in [0, 0.05) is 31.6 Å². The number of aromatic nitrogens is 2. The number of hydrogen-bond donors (Lipinski definition) is 2. The van der Waals surface area contributed by atoms with E-state index >= 15 is 0 Å². The maximum Gasteiger partial charge on any atom is 0.225 e. The van der Waals surface area contributed by atoms with Gasteiger partial charge in [-0.3, -0.25) is 14.8 Å². The SMILES string of the molecule is CC(C)CC(=O)Nc1n[nH]c2c1CCN(Cc1ccccc1)C2. The van der Waals surface area contributed by atoms with Crippen LogP contribution in [-0.4, -0.2) is 27.5 Å². The van der Waals surface area contributed by atoms with Gasteiger partial charge in [0.1, 0.15) is 0 Å². The molecule has 1 aromatic heterocycles. The first-order valence-electron chi connectivity index (χ1n) is 8.24. The van der Waals surface area contributed by atoms with Crippen LogP contribution >= 0.6 is 0 Å². The van der Waals surface area contributed by atoms with Crippen molar-refractivity contribution >= 4 is 11.7 Å². The highest BCUT2D eigenvalue weighted by Gasteiger charge is 2.22. The van der Waals surface area contributed by atoms with Crippen molar-refractivity contribution in [1.29, 1.82) is 0 Å². The number of hydrogen-bond acceptors (Lipinski definition) is 3. The molecule has 0 saturated carbocycles. The number of anilines is 1. The van der Waals surface area contributed by atoms with Gasteiger partial charge in [0.2, 0.25) is 5.91 Å². The summed E-state index contributed by atoms with van der Waals surface area (Å²) in [5.41, 5.74) is 3.60. The van der Waals surface area contributed by atoms with E-state index in [4.69, 9.17) is 0 Å². The van der Waals surface area contributed by atoms with Gasteiger partial charge in [0.05, 0.1) is 5.69 Å². The predicted octanol–water partition coefficient (Wildman–Crippen LogP) is 2.95. The Labute approximate surface area is 137 Å². The number of carbonyl (C=O) groups excluding carboxylic acids is 1. The van der Waals surface area contributed by atoms with Gasteiger partial charge in [0.15, 0.2) is 5.82 Å². The zero-order valence-corrected chi connectivity index (χ0v) is 13.8. The maximum absolute atomic E-state index is 11.9. The van der Waals surface area contributed by atoms with E-state index in [1.807, 2.05) is 19.9 Å². The molecule has 23 heavy (non-hydrogen) atoms. The Balaban J connectivity index is 1.63.